The van der Waals surface area contributed by atoms with E-state index in [4.69, 9.17) is 16.7 Å². The van der Waals surface area contributed by atoms with Gasteiger partial charge in [0.25, 0.3) is 5.91 Å². The van der Waals surface area contributed by atoms with Crippen molar-refractivity contribution in [2.75, 3.05) is 0 Å². The van der Waals surface area contributed by atoms with Crippen molar-refractivity contribution in [2.45, 2.75) is 32.7 Å². The molecule has 5 rings (SSSR count). The van der Waals surface area contributed by atoms with Crippen LogP contribution in [-0.2, 0) is 19.4 Å². The Kier molecular flexibility index (Phi) is 4.36. The van der Waals surface area contributed by atoms with E-state index in [1.807, 2.05) is 39.5 Å². The van der Waals surface area contributed by atoms with Crippen LogP contribution in [0.5, 0.6) is 0 Å². The standard InChI is InChI=1S/C22H20ClN5O/c1-14-5-2-3-7-18(14)28-19-8-4-6-17(19)21(26-28)22(29)24-11-16-13-27-12-15(23)9-10-20(27)25-16/h2-3,5,7,9-10,12-13H,4,6,8,11H2,1H3,(H,24,29). The first-order valence-corrected chi connectivity index (χ1v) is 10.1. The lowest BCUT2D eigenvalue weighted by Crippen LogP contribution is -2.24. The number of hydrogen-bond acceptors (Lipinski definition) is 3. The molecule has 0 spiro atoms. The van der Waals surface area contributed by atoms with Crippen molar-refractivity contribution in [1.29, 1.82) is 0 Å². The zero-order chi connectivity index (χ0) is 20.0. The van der Waals surface area contributed by atoms with Crippen molar-refractivity contribution >= 4 is 23.2 Å². The summed E-state index contributed by atoms with van der Waals surface area (Å²) in [5.74, 6) is -0.162. The minimum absolute atomic E-state index is 0.162. The average Bonchev–Trinajstić information content (AvgIpc) is 3.41. The van der Waals surface area contributed by atoms with E-state index in [0.717, 1.165) is 53.1 Å². The largest absolute Gasteiger partial charge is 0.345 e. The van der Waals surface area contributed by atoms with Crippen LogP contribution in [0.3, 0.4) is 0 Å². The Hall–Kier alpha value is -3.12. The molecule has 6 nitrogen and oxygen atoms in total. The van der Waals surface area contributed by atoms with Gasteiger partial charge >= 0.3 is 0 Å². The first kappa shape index (κ1) is 17.9. The fourth-order valence-corrected chi connectivity index (χ4v) is 4.15. The van der Waals surface area contributed by atoms with Gasteiger partial charge in [-0.2, -0.15) is 5.10 Å². The van der Waals surface area contributed by atoms with Crippen molar-refractivity contribution in [3.63, 3.8) is 0 Å². The molecule has 0 unspecified atom stereocenters. The Morgan fingerprint density at radius 2 is 2.03 bits per heavy atom. The molecule has 29 heavy (non-hydrogen) atoms. The number of rotatable bonds is 4. The van der Waals surface area contributed by atoms with E-state index in [1.165, 1.54) is 0 Å². The number of aromatic nitrogens is 4. The highest BCUT2D eigenvalue weighted by Crippen LogP contribution is 2.28. The SMILES string of the molecule is Cc1ccccc1-n1nc(C(=O)NCc2cn3cc(Cl)ccc3n2)c2c1CCC2. The maximum Gasteiger partial charge on any atom is 0.272 e. The summed E-state index contributed by atoms with van der Waals surface area (Å²) < 4.78 is 3.80. The molecule has 0 atom stereocenters. The summed E-state index contributed by atoms with van der Waals surface area (Å²) >= 11 is 6.02. The maximum atomic E-state index is 12.9. The molecule has 0 saturated heterocycles. The lowest BCUT2D eigenvalue weighted by atomic mass is 10.2. The molecular formula is C22H20ClN5O. The topological polar surface area (TPSA) is 64.2 Å². The van der Waals surface area contributed by atoms with Crippen molar-refractivity contribution in [3.8, 4) is 5.69 Å². The van der Waals surface area contributed by atoms with Crippen molar-refractivity contribution in [1.82, 2.24) is 24.5 Å². The number of halogens is 1. The molecule has 146 valence electrons. The summed E-state index contributed by atoms with van der Waals surface area (Å²) in [7, 11) is 0. The first-order chi connectivity index (χ1) is 14.1. The second-order valence-electron chi connectivity index (χ2n) is 7.35. The molecule has 3 heterocycles. The van der Waals surface area contributed by atoms with E-state index >= 15 is 0 Å². The van der Waals surface area contributed by atoms with E-state index in [9.17, 15) is 4.79 Å². The van der Waals surface area contributed by atoms with Gasteiger partial charge in [0.15, 0.2) is 5.69 Å². The molecule has 1 N–H and O–H groups in total. The van der Waals surface area contributed by atoms with Crippen LogP contribution in [0.15, 0.2) is 48.8 Å². The van der Waals surface area contributed by atoms with Gasteiger partial charge in [-0.25, -0.2) is 9.67 Å². The summed E-state index contributed by atoms with van der Waals surface area (Å²) in [5.41, 5.74) is 6.47. The molecule has 0 fully saturated rings. The van der Waals surface area contributed by atoms with Gasteiger partial charge in [-0.3, -0.25) is 4.79 Å². The lowest BCUT2D eigenvalue weighted by molar-refractivity contribution is 0.0944. The van der Waals surface area contributed by atoms with E-state index in [0.29, 0.717) is 17.3 Å². The number of carbonyl (C=O) groups excluding carboxylic acids is 1. The van der Waals surface area contributed by atoms with Gasteiger partial charge < -0.3 is 9.72 Å². The van der Waals surface area contributed by atoms with Crippen LogP contribution in [0.2, 0.25) is 5.02 Å². The highest BCUT2D eigenvalue weighted by molar-refractivity contribution is 6.30. The van der Waals surface area contributed by atoms with E-state index in [2.05, 4.69) is 23.3 Å². The summed E-state index contributed by atoms with van der Waals surface area (Å²) in [4.78, 5) is 17.5. The second-order valence-corrected chi connectivity index (χ2v) is 7.79. The molecule has 4 aromatic rings. The van der Waals surface area contributed by atoms with Gasteiger partial charge in [0.05, 0.1) is 22.9 Å². The summed E-state index contributed by atoms with van der Waals surface area (Å²) in [5, 5.41) is 8.31. The molecule has 0 saturated carbocycles. The highest BCUT2D eigenvalue weighted by Gasteiger charge is 2.27. The van der Waals surface area contributed by atoms with Gasteiger partial charge in [0, 0.05) is 23.7 Å². The van der Waals surface area contributed by atoms with Crippen LogP contribution in [0.1, 0.15) is 39.4 Å². The predicted molar refractivity (Wildman–Crippen MR) is 112 cm³/mol. The van der Waals surface area contributed by atoms with Crippen LogP contribution < -0.4 is 5.32 Å². The Labute approximate surface area is 173 Å². The monoisotopic (exact) mass is 405 g/mol. The number of pyridine rings is 1. The summed E-state index contributed by atoms with van der Waals surface area (Å²) in [6.07, 6.45) is 6.55. The molecule has 1 aliphatic rings. The molecule has 1 aliphatic carbocycles. The number of carbonyl (C=O) groups is 1. The third-order valence-electron chi connectivity index (χ3n) is 5.38. The smallest absolute Gasteiger partial charge is 0.272 e. The zero-order valence-electron chi connectivity index (χ0n) is 16.0. The van der Waals surface area contributed by atoms with Crippen LogP contribution in [0.4, 0.5) is 0 Å². The summed E-state index contributed by atoms with van der Waals surface area (Å²) in [6.45, 7) is 2.40. The number of aryl methyl sites for hydroxylation is 1. The van der Waals surface area contributed by atoms with E-state index in [1.54, 1.807) is 12.3 Å². The molecule has 1 amide bonds. The number of nitrogens with one attached hydrogen (secondary N) is 1. The second kappa shape index (κ2) is 7.04. The minimum atomic E-state index is -0.162. The number of benzene rings is 1. The van der Waals surface area contributed by atoms with Crippen molar-refractivity contribution in [2.24, 2.45) is 0 Å². The maximum absolute atomic E-state index is 12.9. The Morgan fingerprint density at radius 1 is 1.17 bits per heavy atom. The van der Waals surface area contributed by atoms with Gasteiger partial charge in [0.1, 0.15) is 5.65 Å². The van der Waals surface area contributed by atoms with Crippen molar-refractivity contribution in [3.05, 3.63) is 82.0 Å². The number of para-hydroxylation sites is 1. The third-order valence-corrected chi connectivity index (χ3v) is 5.61. The minimum Gasteiger partial charge on any atom is -0.345 e. The van der Waals surface area contributed by atoms with Crippen LogP contribution in [-0.4, -0.2) is 25.1 Å². The quantitative estimate of drug-likeness (QED) is 0.560. The molecule has 0 aliphatic heterocycles. The number of imidazole rings is 1. The molecule has 0 bridgehead atoms. The zero-order valence-corrected chi connectivity index (χ0v) is 16.8. The van der Waals surface area contributed by atoms with Crippen molar-refractivity contribution < 1.29 is 4.79 Å². The highest BCUT2D eigenvalue weighted by atomic mass is 35.5. The Morgan fingerprint density at radius 3 is 2.90 bits per heavy atom. The molecule has 3 aromatic heterocycles. The molecule has 7 heteroatoms. The fourth-order valence-electron chi connectivity index (χ4n) is 3.98. The lowest BCUT2D eigenvalue weighted by Gasteiger charge is -2.08. The number of fused-ring (bicyclic) bond motifs is 2. The average molecular weight is 406 g/mol. The van der Waals surface area contributed by atoms with Gasteiger partial charge in [-0.1, -0.05) is 29.8 Å². The van der Waals surface area contributed by atoms with Crippen LogP contribution in [0.25, 0.3) is 11.3 Å². The normalized spacial score (nSPS) is 13.0. The number of nitrogens with zero attached hydrogens (tertiary/aromatic N) is 4. The molecule has 1 aromatic carbocycles. The Balaban J connectivity index is 1.41. The number of amides is 1. The first-order valence-electron chi connectivity index (χ1n) is 9.68. The van der Waals surface area contributed by atoms with Gasteiger partial charge in [0.2, 0.25) is 0 Å². The van der Waals surface area contributed by atoms with E-state index in [-0.39, 0.29) is 5.91 Å². The predicted octanol–water partition coefficient (Wildman–Crippen LogP) is 3.90. The third kappa shape index (κ3) is 3.19. The molecule has 0 radical (unpaired) electrons. The molecular weight excluding hydrogens is 386 g/mol. The summed E-state index contributed by atoms with van der Waals surface area (Å²) in [6, 6.07) is 11.8. The number of hydrogen-bond donors (Lipinski definition) is 1. The van der Waals surface area contributed by atoms with E-state index < -0.39 is 0 Å². The van der Waals surface area contributed by atoms with Gasteiger partial charge in [-0.15, -0.1) is 0 Å². The Bertz CT molecular complexity index is 1240. The van der Waals surface area contributed by atoms with Crippen LogP contribution >= 0.6 is 11.6 Å². The van der Waals surface area contributed by atoms with Crippen LogP contribution in [0, 0.1) is 6.92 Å². The van der Waals surface area contributed by atoms with Gasteiger partial charge in [-0.05, 0) is 49.9 Å². The fraction of sp³-hybridized carbons (Fsp3) is 0.227.